The van der Waals surface area contributed by atoms with Crippen LogP contribution in [0.1, 0.15) is 5.56 Å². The van der Waals surface area contributed by atoms with Gasteiger partial charge in [0, 0.05) is 24.2 Å². The van der Waals surface area contributed by atoms with Crippen LogP contribution in [0.3, 0.4) is 0 Å². The molecule has 0 spiro atoms. The summed E-state index contributed by atoms with van der Waals surface area (Å²) in [6, 6.07) is 5.24. The highest BCUT2D eigenvalue weighted by Gasteiger charge is 2.29. The van der Waals surface area contributed by atoms with Gasteiger partial charge >= 0.3 is 0 Å². The fourth-order valence-electron chi connectivity index (χ4n) is 1.81. The van der Waals surface area contributed by atoms with Gasteiger partial charge in [-0.1, -0.05) is 0 Å². The molecule has 1 aromatic carbocycles. The van der Waals surface area contributed by atoms with Crippen LogP contribution in [0.4, 0.5) is 5.69 Å². The molecule has 18 heavy (non-hydrogen) atoms. The van der Waals surface area contributed by atoms with Gasteiger partial charge in [0.1, 0.15) is 5.75 Å². The number of carbonyl (C=O) groups is 1. The molecule has 0 aromatic heterocycles. The first kappa shape index (κ1) is 12.7. The Balaban J connectivity index is 1.92. The van der Waals surface area contributed by atoms with Crippen LogP contribution < -0.4 is 15.8 Å². The molecule has 1 aliphatic heterocycles. The molecule has 1 heterocycles. The van der Waals surface area contributed by atoms with Crippen molar-refractivity contribution in [2.45, 2.75) is 18.6 Å². The van der Waals surface area contributed by atoms with Crippen molar-refractivity contribution >= 4 is 11.6 Å². The van der Waals surface area contributed by atoms with Crippen molar-refractivity contribution in [3.05, 3.63) is 23.8 Å². The van der Waals surface area contributed by atoms with Gasteiger partial charge in [0.25, 0.3) is 5.91 Å². The Bertz CT molecular complexity index is 450. The van der Waals surface area contributed by atoms with Gasteiger partial charge in [-0.15, -0.1) is 0 Å². The third-order valence-corrected chi connectivity index (χ3v) is 2.77. The first-order valence-corrected chi connectivity index (χ1v) is 5.72. The average Bonchev–Trinajstić information content (AvgIpc) is 2.78. The molecule has 5 N–H and O–H groups in total. The van der Waals surface area contributed by atoms with Crippen LogP contribution in [0.25, 0.3) is 0 Å². The first-order valence-electron chi connectivity index (χ1n) is 5.72. The normalized spacial score (nSPS) is 18.9. The number of aliphatic hydroxyl groups is 2. The largest absolute Gasteiger partial charge is 0.480 e. The van der Waals surface area contributed by atoms with Gasteiger partial charge in [-0.25, -0.2) is 0 Å². The number of aliphatic hydroxyl groups excluding tert-OH is 2. The monoisotopic (exact) mass is 252 g/mol. The summed E-state index contributed by atoms with van der Waals surface area (Å²) in [7, 11) is 0. The number of amides is 1. The standard InChI is InChI=1S/C12H16N2O4/c13-8-1-2-10-7(3-8)4-11(18-10)12(17)14-5-9(16)6-15/h1-3,9,11,15-16H,4-6,13H2,(H,14,17). The molecule has 2 rings (SSSR count). The number of rotatable bonds is 4. The Morgan fingerprint density at radius 1 is 1.61 bits per heavy atom. The number of benzene rings is 1. The van der Waals surface area contributed by atoms with Gasteiger partial charge in [0.2, 0.25) is 0 Å². The van der Waals surface area contributed by atoms with Crippen LogP contribution in [0.5, 0.6) is 5.75 Å². The summed E-state index contributed by atoms with van der Waals surface area (Å²) in [4.78, 5) is 11.8. The molecule has 0 fully saturated rings. The third kappa shape index (κ3) is 2.72. The number of carbonyl (C=O) groups excluding carboxylic acids is 1. The minimum atomic E-state index is -0.951. The van der Waals surface area contributed by atoms with E-state index in [1.807, 2.05) is 0 Å². The van der Waals surface area contributed by atoms with Crippen molar-refractivity contribution in [1.29, 1.82) is 0 Å². The number of hydrogen-bond acceptors (Lipinski definition) is 5. The maximum Gasteiger partial charge on any atom is 0.261 e. The molecule has 0 bridgehead atoms. The molecule has 0 radical (unpaired) electrons. The van der Waals surface area contributed by atoms with Crippen LogP contribution in [0.15, 0.2) is 18.2 Å². The summed E-state index contributed by atoms with van der Waals surface area (Å²) < 4.78 is 5.48. The topological polar surface area (TPSA) is 105 Å². The van der Waals surface area contributed by atoms with Gasteiger partial charge < -0.3 is 26.0 Å². The van der Waals surface area contributed by atoms with Crippen LogP contribution in [0, 0.1) is 0 Å². The minimum Gasteiger partial charge on any atom is -0.480 e. The predicted octanol–water partition coefficient (Wildman–Crippen LogP) is -0.958. The van der Waals surface area contributed by atoms with Crippen molar-refractivity contribution in [2.24, 2.45) is 0 Å². The highest BCUT2D eigenvalue weighted by Crippen LogP contribution is 2.30. The lowest BCUT2D eigenvalue weighted by Crippen LogP contribution is -2.41. The SMILES string of the molecule is Nc1ccc2c(c1)CC(C(=O)NCC(O)CO)O2. The third-order valence-electron chi connectivity index (χ3n) is 2.77. The lowest BCUT2D eigenvalue weighted by molar-refractivity contribution is -0.127. The van der Waals surface area contributed by atoms with E-state index in [4.69, 9.17) is 20.7 Å². The van der Waals surface area contributed by atoms with Gasteiger partial charge in [-0.2, -0.15) is 0 Å². The van der Waals surface area contributed by atoms with E-state index in [1.54, 1.807) is 18.2 Å². The van der Waals surface area contributed by atoms with Gasteiger partial charge in [-0.3, -0.25) is 4.79 Å². The van der Waals surface area contributed by atoms with E-state index in [1.165, 1.54) is 0 Å². The van der Waals surface area contributed by atoms with Crippen molar-refractivity contribution in [3.8, 4) is 5.75 Å². The summed E-state index contributed by atoms with van der Waals surface area (Å²) in [6.45, 7) is -0.379. The zero-order chi connectivity index (χ0) is 13.1. The Hall–Kier alpha value is -1.79. The minimum absolute atomic E-state index is 0.00762. The first-order chi connectivity index (χ1) is 8.60. The van der Waals surface area contributed by atoms with Crippen LogP contribution >= 0.6 is 0 Å². The fourth-order valence-corrected chi connectivity index (χ4v) is 1.81. The number of fused-ring (bicyclic) bond motifs is 1. The number of anilines is 1. The van der Waals surface area contributed by atoms with Gasteiger partial charge in [0.15, 0.2) is 6.10 Å². The van der Waals surface area contributed by atoms with Crippen molar-refractivity contribution in [2.75, 3.05) is 18.9 Å². The number of nitrogens with one attached hydrogen (secondary N) is 1. The fraction of sp³-hybridized carbons (Fsp3) is 0.417. The molecule has 6 nitrogen and oxygen atoms in total. The number of ether oxygens (including phenoxy) is 1. The van der Waals surface area contributed by atoms with Crippen LogP contribution in [-0.4, -0.2) is 41.5 Å². The lowest BCUT2D eigenvalue weighted by atomic mass is 10.1. The smallest absolute Gasteiger partial charge is 0.261 e. The van der Waals surface area contributed by atoms with Crippen LogP contribution in [0.2, 0.25) is 0 Å². The maximum atomic E-state index is 11.8. The molecule has 0 saturated heterocycles. The molecule has 1 aliphatic rings. The van der Waals surface area contributed by atoms with E-state index in [0.29, 0.717) is 17.9 Å². The second-order valence-electron chi connectivity index (χ2n) is 4.26. The van der Waals surface area contributed by atoms with E-state index in [9.17, 15) is 4.79 Å². The molecule has 98 valence electrons. The van der Waals surface area contributed by atoms with E-state index >= 15 is 0 Å². The highest BCUT2D eigenvalue weighted by atomic mass is 16.5. The molecule has 2 atom stereocenters. The van der Waals surface area contributed by atoms with Crippen molar-refractivity contribution in [1.82, 2.24) is 5.32 Å². The summed E-state index contributed by atoms with van der Waals surface area (Å²) >= 11 is 0. The molecule has 6 heteroatoms. The van der Waals surface area contributed by atoms with Crippen LogP contribution in [-0.2, 0) is 11.2 Å². The zero-order valence-corrected chi connectivity index (χ0v) is 9.80. The molecule has 1 aromatic rings. The van der Waals surface area contributed by atoms with E-state index in [2.05, 4.69) is 5.32 Å². The van der Waals surface area contributed by atoms with Gasteiger partial charge in [-0.05, 0) is 18.2 Å². The summed E-state index contributed by atoms with van der Waals surface area (Å²) in [5.74, 6) is 0.351. The number of hydrogen-bond donors (Lipinski definition) is 4. The number of nitrogens with two attached hydrogens (primary N) is 1. The summed E-state index contributed by atoms with van der Waals surface area (Å²) in [5.41, 5.74) is 7.19. The quantitative estimate of drug-likeness (QED) is 0.517. The van der Waals surface area contributed by atoms with E-state index < -0.39 is 12.2 Å². The maximum absolute atomic E-state index is 11.8. The zero-order valence-electron chi connectivity index (χ0n) is 9.80. The van der Waals surface area contributed by atoms with Crippen molar-refractivity contribution < 1.29 is 19.7 Å². The van der Waals surface area contributed by atoms with E-state index in [0.717, 1.165) is 5.56 Å². The molecule has 0 aliphatic carbocycles. The Morgan fingerprint density at radius 2 is 2.39 bits per heavy atom. The summed E-state index contributed by atoms with van der Waals surface area (Å²) in [5, 5.41) is 20.3. The second-order valence-corrected chi connectivity index (χ2v) is 4.26. The average molecular weight is 252 g/mol. The second kappa shape index (κ2) is 5.24. The lowest BCUT2D eigenvalue weighted by Gasteiger charge is -2.13. The Kier molecular flexibility index (Phi) is 3.69. The Labute approximate surface area is 104 Å². The molecule has 1 amide bonds. The molecule has 2 unspecified atom stereocenters. The molecule has 0 saturated carbocycles. The highest BCUT2D eigenvalue weighted by molar-refractivity contribution is 5.82. The number of nitrogen functional groups attached to an aromatic ring is 1. The van der Waals surface area contributed by atoms with Gasteiger partial charge in [0.05, 0.1) is 12.7 Å². The van der Waals surface area contributed by atoms with Crippen molar-refractivity contribution in [3.63, 3.8) is 0 Å². The predicted molar refractivity (Wildman–Crippen MR) is 65.1 cm³/mol. The molecular weight excluding hydrogens is 236 g/mol. The summed E-state index contributed by atoms with van der Waals surface area (Å²) in [6.07, 6.45) is -1.09. The molecular formula is C12H16N2O4. The van der Waals surface area contributed by atoms with E-state index in [-0.39, 0.29) is 19.1 Å². The Morgan fingerprint density at radius 3 is 3.11 bits per heavy atom.